The lowest BCUT2D eigenvalue weighted by Gasteiger charge is -2.21. The van der Waals surface area contributed by atoms with E-state index in [9.17, 15) is 4.79 Å². The van der Waals surface area contributed by atoms with E-state index >= 15 is 0 Å². The minimum absolute atomic E-state index is 0.146. The van der Waals surface area contributed by atoms with Crippen molar-refractivity contribution in [1.29, 1.82) is 0 Å². The summed E-state index contributed by atoms with van der Waals surface area (Å²) < 4.78 is 4.64. The first-order chi connectivity index (χ1) is 11.0. The van der Waals surface area contributed by atoms with E-state index in [-0.39, 0.29) is 5.97 Å². The van der Waals surface area contributed by atoms with Crippen molar-refractivity contribution in [3.8, 4) is 0 Å². The maximum atomic E-state index is 11.1. The van der Waals surface area contributed by atoms with E-state index in [1.165, 1.54) is 7.11 Å². The quantitative estimate of drug-likeness (QED) is 0.307. The molecule has 0 bridgehead atoms. The minimum Gasteiger partial charge on any atom is -0.469 e. The number of guanidine groups is 1. The number of aliphatic imine (C=N–C) groups is 1. The van der Waals surface area contributed by atoms with Gasteiger partial charge in [-0.2, -0.15) is 0 Å². The van der Waals surface area contributed by atoms with Gasteiger partial charge in [0.25, 0.3) is 0 Å². The van der Waals surface area contributed by atoms with Crippen molar-refractivity contribution in [2.75, 3.05) is 33.3 Å². The van der Waals surface area contributed by atoms with Crippen LogP contribution in [0.2, 0.25) is 0 Å². The Bertz CT molecular complexity index is 385. The number of hydrogen-bond acceptors (Lipinski definition) is 4. The number of ether oxygens (including phenoxy) is 1. The Balaban J connectivity index is 2.41. The van der Waals surface area contributed by atoms with Crippen LogP contribution < -0.4 is 10.6 Å². The smallest absolute Gasteiger partial charge is 0.305 e. The second-order valence-electron chi connectivity index (χ2n) is 6.57. The van der Waals surface area contributed by atoms with Crippen molar-refractivity contribution < 1.29 is 9.53 Å². The van der Waals surface area contributed by atoms with Crippen LogP contribution in [0, 0.1) is 5.92 Å². The molecule has 2 N–H and O–H groups in total. The highest BCUT2D eigenvalue weighted by molar-refractivity contribution is 5.80. The molecule has 1 heterocycles. The molecule has 1 saturated heterocycles. The Hall–Kier alpha value is -1.30. The van der Waals surface area contributed by atoms with Gasteiger partial charge < -0.3 is 15.4 Å². The van der Waals surface area contributed by atoms with Gasteiger partial charge in [0.2, 0.25) is 0 Å². The molecule has 0 amide bonds. The van der Waals surface area contributed by atoms with Crippen molar-refractivity contribution in [2.45, 2.75) is 59.0 Å². The van der Waals surface area contributed by atoms with Crippen LogP contribution >= 0.6 is 0 Å². The zero-order chi connectivity index (χ0) is 17.2. The first-order valence-electron chi connectivity index (χ1n) is 8.83. The molecule has 0 radical (unpaired) electrons. The van der Waals surface area contributed by atoms with E-state index in [1.807, 2.05) is 0 Å². The van der Waals surface area contributed by atoms with E-state index in [4.69, 9.17) is 0 Å². The number of nitrogens with one attached hydrogen (secondary N) is 2. The number of nitrogens with zero attached hydrogens (tertiary/aromatic N) is 2. The number of likely N-dealkylation sites (tertiary alicyclic amines) is 1. The predicted octanol–water partition coefficient (Wildman–Crippen LogP) is 1.61. The van der Waals surface area contributed by atoms with Gasteiger partial charge in [0.15, 0.2) is 5.96 Å². The molecule has 0 aromatic heterocycles. The van der Waals surface area contributed by atoms with E-state index < -0.39 is 0 Å². The molecule has 6 heteroatoms. The number of unbranched alkanes of at least 4 members (excludes halogenated alkanes) is 1. The SMILES string of the molecule is CCNC(=NCCCCC(=O)OC)NC1CN(C(C)C)CC1C. The number of rotatable bonds is 8. The van der Waals surface area contributed by atoms with Crippen LogP contribution in [0.15, 0.2) is 4.99 Å². The topological polar surface area (TPSA) is 66.0 Å². The summed E-state index contributed by atoms with van der Waals surface area (Å²) in [4.78, 5) is 18.2. The molecule has 0 aliphatic carbocycles. The number of hydrogen-bond donors (Lipinski definition) is 2. The van der Waals surface area contributed by atoms with Crippen LogP contribution in [0.1, 0.15) is 47.0 Å². The van der Waals surface area contributed by atoms with E-state index in [0.29, 0.717) is 24.4 Å². The van der Waals surface area contributed by atoms with Crippen molar-refractivity contribution in [3.63, 3.8) is 0 Å². The molecule has 0 aromatic rings. The molecule has 23 heavy (non-hydrogen) atoms. The average Bonchev–Trinajstić information content (AvgIpc) is 2.88. The van der Waals surface area contributed by atoms with Gasteiger partial charge in [-0.1, -0.05) is 6.92 Å². The number of methoxy groups -OCH3 is 1. The highest BCUT2D eigenvalue weighted by atomic mass is 16.5. The van der Waals surface area contributed by atoms with E-state index in [0.717, 1.165) is 45.0 Å². The minimum atomic E-state index is -0.146. The van der Waals surface area contributed by atoms with Crippen LogP contribution in [0.25, 0.3) is 0 Å². The van der Waals surface area contributed by atoms with Gasteiger partial charge in [0.1, 0.15) is 0 Å². The summed E-state index contributed by atoms with van der Waals surface area (Å²) in [5.74, 6) is 1.35. The zero-order valence-electron chi connectivity index (χ0n) is 15.4. The molecule has 2 unspecified atom stereocenters. The Labute approximate surface area is 141 Å². The Morgan fingerprint density at radius 3 is 2.65 bits per heavy atom. The average molecular weight is 326 g/mol. The number of carbonyl (C=O) groups excluding carboxylic acids is 1. The fraction of sp³-hybridized carbons (Fsp3) is 0.882. The molecular weight excluding hydrogens is 292 g/mol. The van der Waals surface area contributed by atoms with Crippen LogP contribution in [0.5, 0.6) is 0 Å². The summed E-state index contributed by atoms with van der Waals surface area (Å²) in [6.07, 6.45) is 2.18. The third kappa shape index (κ3) is 7.20. The van der Waals surface area contributed by atoms with Crippen LogP contribution in [0.3, 0.4) is 0 Å². The lowest BCUT2D eigenvalue weighted by molar-refractivity contribution is -0.140. The molecular formula is C17H34N4O2. The molecule has 6 nitrogen and oxygen atoms in total. The Morgan fingerprint density at radius 2 is 2.09 bits per heavy atom. The van der Waals surface area contributed by atoms with Crippen LogP contribution in [-0.2, 0) is 9.53 Å². The largest absolute Gasteiger partial charge is 0.469 e. The molecule has 1 aliphatic heterocycles. The molecule has 1 rings (SSSR count). The number of esters is 1. The molecule has 2 atom stereocenters. The van der Waals surface area contributed by atoms with E-state index in [2.05, 4.69) is 53.0 Å². The molecule has 1 aliphatic rings. The van der Waals surface area contributed by atoms with Crippen molar-refractivity contribution in [2.24, 2.45) is 10.9 Å². The van der Waals surface area contributed by atoms with Crippen molar-refractivity contribution >= 4 is 11.9 Å². The molecule has 134 valence electrons. The van der Waals surface area contributed by atoms with Crippen molar-refractivity contribution in [1.82, 2.24) is 15.5 Å². The van der Waals surface area contributed by atoms with Gasteiger partial charge >= 0.3 is 5.97 Å². The van der Waals surface area contributed by atoms with Gasteiger partial charge in [-0.3, -0.25) is 14.7 Å². The van der Waals surface area contributed by atoms with Crippen LogP contribution in [-0.4, -0.2) is 62.2 Å². The predicted molar refractivity (Wildman–Crippen MR) is 94.6 cm³/mol. The Morgan fingerprint density at radius 1 is 1.35 bits per heavy atom. The Kier molecular flexibility index (Phi) is 8.99. The summed E-state index contributed by atoms with van der Waals surface area (Å²) in [7, 11) is 1.43. The van der Waals surface area contributed by atoms with Gasteiger partial charge in [-0.05, 0) is 39.5 Å². The third-order valence-electron chi connectivity index (χ3n) is 4.32. The standard InChI is InChI=1S/C17H34N4O2/c1-6-18-17(19-10-8-7-9-16(22)23-5)20-15-12-21(13(2)3)11-14(15)4/h13-15H,6-12H2,1-5H3,(H2,18,19,20). The lowest BCUT2D eigenvalue weighted by Crippen LogP contribution is -2.46. The highest BCUT2D eigenvalue weighted by Gasteiger charge is 2.31. The van der Waals surface area contributed by atoms with Crippen molar-refractivity contribution in [3.05, 3.63) is 0 Å². The second-order valence-corrected chi connectivity index (χ2v) is 6.57. The highest BCUT2D eigenvalue weighted by Crippen LogP contribution is 2.18. The monoisotopic (exact) mass is 326 g/mol. The summed E-state index contributed by atoms with van der Waals surface area (Å²) >= 11 is 0. The summed E-state index contributed by atoms with van der Waals surface area (Å²) in [6, 6.07) is 1.02. The summed E-state index contributed by atoms with van der Waals surface area (Å²) in [5.41, 5.74) is 0. The molecule has 0 spiro atoms. The summed E-state index contributed by atoms with van der Waals surface area (Å²) in [6.45, 7) is 12.6. The fourth-order valence-corrected chi connectivity index (χ4v) is 2.78. The first-order valence-corrected chi connectivity index (χ1v) is 8.83. The number of carbonyl (C=O) groups is 1. The molecule has 0 saturated carbocycles. The summed E-state index contributed by atoms with van der Waals surface area (Å²) in [5, 5.41) is 6.88. The third-order valence-corrected chi connectivity index (χ3v) is 4.32. The maximum Gasteiger partial charge on any atom is 0.305 e. The van der Waals surface area contributed by atoms with Gasteiger partial charge in [-0.15, -0.1) is 0 Å². The molecule has 1 fully saturated rings. The van der Waals surface area contributed by atoms with Crippen LogP contribution in [0.4, 0.5) is 0 Å². The van der Waals surface area contributed by atoms with Gasteiger partial charge in [0.05, 0.1) is 7.11 Å². The normalized spacial score (nSPS) is 22.4. The maximum absolute atomic E-state index is 11.1. The second kappa shape index (κ2) is 10.5. The van der Waals surface area contributed by atoms with Gasteiger partial charge in [-0.25, -0.2) is 0 Å². The lowest BCUT2D eigenvalue weighted by atomic mass is 10.1. The van der Waals surface area contributed by atoms with Gasteiger partial charge in [0, 0.05) is 44.7 Å². The molecule has 0 aromatic carbocycles. The fourth-order valence-electron chi connectivity index (χ4n) is 2.78. The first kappa shape index (κ1) is 19.7. The zero-order valence-corrected chi connectivity index (χ0v) is 15.4. The van der Waals surface area contributed by atoms with E-state index in [1.54, 1.807) is 0 Å².